The Morgan fingerprint density at radius 1 is 1.80 bits per heavy atom. The molecule has 0 rings (SSSR count). The maximum absolute atomic E-state index is 10.3. The summed E-state index contributed by atoms with van der Waals surface area (Å²) >= 11 is 0. The molecule has 0 aromatic carbocycles. The van der Waals surface area contributed by atoms with Crippen molar-refractivity contribution in [3.05, 3.63) is 0 Å². The SMILES string of the molecule is CCOC(=O)C/N=C\[O-].[K+]. The molecule has 0 spiro atoms. The van der Waals surface area contributed by atoms with Gasteiger partial charge in [0.2, 0.25) is 0 Å². The van der Waals surface area contributed by atoms with Crippen LogP contribution in [0, 0.1) is 0 Å². The minimum absolute atomic E-state index is 0. The van der Waals surface area contributed by atoms with E-state index in [2.05, 4.69) is 9.73 Å². The molecule has 0 amide bonds. The van der Waals surface area contributed by atoms with Crippen LogP contribution in [0.5, 0.6) is 0 Å². The van der Waals surface area contributed by atoms with Gasteiger partial charge >= 0.3 is 57.4 Å². The monoisotopic (exact) mass is 169 g/mol. The van der Waals surface area contributed by atoms with Gasteiger partial charge in [0, 0.05) is 0 Å². The van der Waals surface area contributed by atoms with Gasteiger partial charge in [-0.3, -0.25) is 9.79 Å². The summed E-state index contributed by atoms with van der Waals surface area (Å²) in [6, 6.07) is 0. The Morgan fingerprint density at radius 3 is 2.80 bits per heavy atom. The first-order valence-electron chi connectivity index (χ1n) is 2.57. The van der Waals surface area contributed by atoms with Gasteiger partial charge in [-0.2, -0.15) is 0 Å². The van der Waals surface area contributed by atoms with E-state index < -0.39 is 5.97 Å². The topological polar surface area (TPSA) is 61.7 Å². The normalized spacial score (nSPS) is 8.90. The van der Waals surface area contributed by atoms with E-state index >= 15 is 0 Å². The third-order valence-electron chi connectivity index (χ3n) is 0.600. The first kappa shape index (κ1) is 13.2. The molecule has 0 N–H and O–H groups in total. The van der Waals surface area contributed by atoms with Gasteiger partial charge < -0.3 is 9.84 Å². The summed E-state index contributed by atoms with van der Waals surface area (Å²) in [5, 5.41) is 9.54. The van der Waals surface area contributed by atoms with E-state index in [0.29, 0.717) is 13.0 Å². The maximum atomic E-state index is 10.3. The van der Waals surface area contributed by atoms with Gasteiger partial charge in [0.15, 0.2) is 0 Å². The van der Waals surface area contributed by atoms with Crippen LogP contribution in [0.4, 0.5) is 0 Å². The van der Waals surface area contributed by atoms with Gasteiger partial charge in [0.1, 0.15) is 6.54 Å². The number of esters is 1. The number of hydrogen-bond donors (Lipinski definition) is 0. The summed E-state index contributed by atoms with van der Waals surface area (Å²) in [6.45, 7) is 1.85. The van der Waals surface area contributed by atoms with Crippen molar-refractivity contribution >= 4 is 12.4 Å². The molecule has 0 aliphatic heterocycles. The second-order valence-corrected chi connectivity index (χ2v) is 1.25. The molecule has 52 valence electrons. The molecule has 4 nitrogen and oxygen atoms in total. The van der Waals surface area contributed by atoms with Gasteiger partial charge in [-0.15, -0.1) is 0 Å². The van der Waals surface area contributed by atoms with E-state index in [0.717, 1.165) is 0 Å². The summed E-state index contributed by atoms with van der Waals surface area (Å²) < 4.78 is 4.45. The van der Waals surface area contributed by atoms with Crippen LogP contribution in [0.1, 0.15) is 6.92 Å². The Kier molecular flexibility index (Phi) is 12.6. The Bertz CT molecular complexity index is 115. The van der Waals surface area contributed by atoms with Crippen molar-refractivity contribution in [1.29, 1.82) is 0 Å². The third kappa shape index (κ3) is 8.58. The van der Waals surface area contributed by atoms with E-state index in [-0.39, 0.29) is 57.9 Å². The molecule has 0 radical (unpaired) electrons. The van der Waals surface area contributed by atoms with Gasteiger partial charge in [0.05, 0.1) is 6.61 Å². The second-order valence-electron chi connectivity index (χ2n) is 1.25. The predicted molar refractivity (Wildman–Crippen MR) is 30.0 cm³/mol. The molecule has 0 aliphatic carbocycles. The average Bonchev–Trinajstić information content (AvgIpc) is 1.85. The van der Waals surface area contributed by atoms with Crippen LogP contribution in [0.3, 0.4) is 0 Å². The van der Waals surface area contributed by atoms with Crippen molar-refractivity contribution in [3.63, 3.8) is 0 Å². The minimum atomic E-state index is -0.468. The van der Waals surface area contributed by atoms with Crippen molar-refractivity contribution in [3.8, 4) is 0 Å². The minimum Gasteiger partial charge on any atom is -0.864 e. The fraction of sp³-hybridized carbons (Fsp3) is 0.600. The van der Waals surface area contributed by atoms with Crippen LogP contribution < -0.4 is 56.5 Å². The van der Waals surface area contributed by atoms with E-state index in [1.807, 2.05) is 0 Å². The van der Waals surface area contributed by atoms with Crippen molar-refractivity contribution in [2.45, 2.75) is 6.92 Å². The average molecular weight is 169 g/mol. The van der Waals surface area contributed by atoms with Crippen LogP contribution in [0.25, 0.3) is 0 Å². The van der Waals surface area contributed by atoms with Gasteiger partial charge in [-0.1, -0.05) is 6.40 Å². The number of nitrogens with zero attached hydrogens (tertiary/aromatic N) is 1. The fourth-order valence-corrected chi connectivity index (χ4v) is 0.318. The summed E-state index contributed by atoms with van der Waals surface area (Å²) in [7, 11) is 0. The van der Waals surface area contributed by atoms with Crippen molar-refractivity contribution in [1.82, 2.24) is 0 Å². The number of carbonyl (C=O) groups is 1. The zero-order valence-electron chi connectivity index (χ0n) is 6.16. The van der Waals surface area contributed by atoms with E-state index in [9.17, 15) is 9.90 Å². The van der Waals surface area contributed by atoms with Crippen molar-refractivity contribution < 1.29 is 66.0 Å². The quantitative estimate of drug-likeness (QED) is 0.187. The largest absolute Gasteiger partial charge is 1.00 e. The molecule has 0 aromatic heterocycles. The maximum Gasteiger partial charge on any atom is 1.00 e. The zero-order chi connectivity index (χ0) is 7.11. The van der Waals surface area contributed by atoms with E-state index in [1.54, 1.807) is 6.92 Å². The Labute approximate surface area is 102 Å². The predicted octanol–water partition coefficient (Wildman–Crippen LogP) is -4.06. The summed E-state index contributed by atoms with van der Waals surface area (Å²) in [4.78, 5) is 13.5. The number of carbonyl (C=O) groups excluding carboxylic acids is 1. The first-order valence-corrected chi connectivity index (χ1v) is 2.57. The van der Waals surface area contributed by atoms with Gasteiger partial charge in [-0.25, -0.2) is 0 Å². The molecule has 0 atom stereocenters. The molecule has 0 bridgehead atoms. The molecule has 0 saturated heterocycles. The molecule has 0 fully saturated rings. The molecule has 0 aromatic rings. The second kappa shape index (κ2) is 9.58. The summed E-state index contributed by atoms with van der Waals surface area (Å²) in [5.74, 6) is -0.468. The molecule has 0 unspecified atom stereocenters. The Hall–Kier alpha value is 0.576. The van der Waals surface area contributed by atoms with Crippen molar-refractivity contribution in [2.24, 2.45) is 4.99 Å². The zero-order valence-corrected chi connectivity index (χ0v) is 9.29. The molecular formula is C5H8KNO3. The standard InChI is InChI=1S/C5H9NO3.K/c1-2-9-5(8)3-6-4-7;/h4H,2-3H2,1H3,(H,6,7);/q;+1/p-1. The van der Waals surface area contributed by atoms with Crippen LogP contribution >= 0.6 is 0 Å². The number of ether oxygens (including phenoxy) is 1. The number of rotatable bonds is 3. The Morgan fingerprint density at radius 2 is 2.40 bits per heavy atom. The third-order valence-corrected chi connectivity index (χ3v) is 0.600. The van der Waals surface area contributed by atoms with Crippen LogP contribution in [-0.2, 0) is 9.53 Å². The first-order chi connectivity index (χ1) is 4.31. The van der Waals surface area contributed by atoms with Crippen LogP contribution in [0.15, 0.2) is 4.99 Å². The molecule has 5 heteroatoms. The molecule has 10 heavy (non-hydrogen) atoms. The van der Waals surface area contributed by atoms with Crippen LogP contribution in [0.2, 0.25) is 0 Å². The fourth-order valence-electron chi connectivity index (χ4n) is 0.318. The number of aliphatic imine (C=N–C) groups is 1. The summed E-state index contributed by atoms with van der Waals surface area (Å²) in [5.41, 5.74) is 0. The van der Waals surface area contributed by atoms with Crippen LogP contribution in [-0.4, -0.2) is 25.5 Å². The molecular weight excluding hydrogens is 161 g/mol. The van der Waals surface area contributed by atoms with Crippen molar-refractivity contribution in [2.75, 3.05) is 13.2 Å². The molecule has 0 saturated carbocycles. The van der Waals surface area contributed by atoms with E-state index in [1.165, 1.54) is 0 Å². The molecule has 0 heterocycles. The van der Waals surface area contributed by atoms with Gasteiger partial charge in [0.25, 0.3) is 0 Å². The van der Waals surface area contributed by atoms with Gasteiger partial charge in [-0.05, 0) is 6.92 Å². The smallest absolute Gasteiger partial charge is 0.864 e. The Balaban J connectivity index is 0. The van der Waals surface area contributed by atoms with E-state index in [4.69, 9.17) is 0 Å². The summed E-state index contributed by atoms with van der Waals surface area (Å²) in [6.07, 6.45) is 0.330. The molecule has 0 aliphatic rings. The number of hydrogen-bond acceptors (Lipinski definition) is 4.